The zero-order valence-electron chi connectivity index (χ0n) is 22.3. The number of ether oxygens (including phenoxy) is 2. The standard InChI is InChI=1S/C33H30F2N2O4/c34-28-17-12-24(20-29(28)35)22-36-32(39)33(21-23-8-3-1-4-9-23)30(25-10-5-2-6-11-25)41-31(37-33)26-13-15-27(16-14-26)40-19-7-18-38/h1-6,8-17,20,30,38H,7,18-19,21-22H2,(H,36,39)/t30-,33-/m1/s1. The van der Waals surface area contributed by atoms with E-state index in [1.54, 1.807) is 12.1 Å². The largest absolute Gasteiger partial charge is 0.494 e. The summed E-state index contributed by atoms with van der Waals surface area (Å²) < 4.78 is 39.5. The SMILES string of the molecule is O=C(NCc1ccc(F)c(F)c1)[C@]1(Cc2ccccc2)N=C(c2ccc(OCCCO)cc2)O[C@@H]1c1ccccc1. The van der Waals surface area contributed by atoms with Gasteiger partial charge in [-0.2, -0.15) is 0 Å². The van der Waals surface area contributed by atoms with E-state index >= 15 is 0 Å². The fourth-order valence-corrected chi connectivity index (χ4v) is 4.80. The van der Waals surface area contributed by atoms with Crippen molar-refractivity contribution < 1.29 is 28.2 Å². The molecule has 0 bridgehead atoms. The molecule has 5 rings (SSSR count). The minimum atomic E-state index is -1.40. The Kier molecular flexibility index (Phi) is 8.70. The van der Waals surface area contributed by atoms with Gasteiger partial charge in [0.05, 0.1) is 6.61 Å². The first kappa shape index (κ1) is 28.0. The molecule has 41 heavy (non-hydrogen) atoms. The van der Waals surface area contributed by atoms with Crippen LogP contribution in [0.25, 0.3) is 0 Å². The van der Waals surface area contributed by atoms with Gasteiger partial charge in [-0.3, -0.25) is 4.79 Å². The second-order valence-corrected chi connectivity index (χ2v) is 9.79. The van der Waals surface area contributed by atoms with E-state index in [0.717, 1.165) is 23.3 Å². The van der Waals surface area contributed by atoms with Gasteiger partial charge in [-0.1, -0.05) is 66.7 Å². The maximum Gasteiger partial charge on any atom is 0.252 e. The molecule has 1 heterocycles. The number of carbonyl (C=O) groups excluding carboxylic acids is 1. The van der Waals surface area contributed by atoms with Gasteiger partial charge in [0.15, 0.2) is 23.3 Å². The summed E-state index contributed by atoms with van der Waals surface area (Å²) >= 11 is 0. The molecule has 8 heteroatoms. The normalized spacial score (nSPS) is 17.9. The van der Waals surface area contributed by atoms with Gasteiger partial charge in [-0.25, -0.2) is 13.8 Å². The van der Waals surface area contributed by atoms with Crippen LogP contribution >= 0.6 is 0 Å². The number of aliphatic hydroxyl groups is 1. The highest BCUT2D eigenvalue weighted by Crippen LogP contribution is 2.42. The number of aliphatic imine (C=N–C) groups is 1. The Balaban J connectivity index is 1.52. The number of carbonyl (C=O) groups is 1. The van der Waals surface area contributed by atoms with Crippen molar-refractivity contribution in [2.75, 3.05) is 13.2 Å². The molecule has 210 valence electrons. The number of nitrogens with zero attached hydrogens (tertiary/aromatic N) is 1. The zero-order valence-corrected chi connectivity index (χ0v) is 22.3. The number of amides is 1. The molecule has 0 radical (unpaired) electrons. The Bertz CT molecular complexity index is 1500. The molecule has 0 spiro atoms. The summed E-state index contributed by atoms with van der Waals surface area (Å²) in [6.45, 7) is 0.422. The van der Waals surface area contributed by atoms with E-state index in [4.69, 9.17) is 19.6 Å². The van der Waals surface area contributed by atoms with Crippen LogP contribution in [-0.2, 0) is 22.5 Å². The van der Waals surface area contributed by atoms with Gasteiger partial charge in [0.25, 0.3) is 5.91 Å². The third kappa shape index (κ3) is 6.44. The van der Waals surface area contributed by atoms with Gasteiger partial charge in [0.2, 0.25) is 5.90 Å². The highest BCUT2D eigenvalue weighted by atomic mass is 19.2. The fraction of sp³-hybridized carbons (Fsp3) is 0.212. The highest BCUT2D eigenvalue weighted by Gasteiger charge is 2.53. The van der Waals surface area contributed by atoms with Gasteiger partial charge in [-0.15, -0.1) is 0 Å². The summed E-state index contributed by atoms with van der Waals surface area (Å²) in [4.78, 5) is 19.1. The molecule has 6 nitrogen and oxygen atoms in total. The van der Waals surface area contributed by atoms with E-state index in [2.05, 4.69) is 5.32 Å². The molecular weight excluding hydrogens is 526 g/mol. The monoisotopic (exact) mass is 556 g/mol. The summed E-state index contributed by atoms with van der Waals surface area (Å²) in [5, 5.41) is 11.9. The van der Waals surface area contributed by atoms with E-state index in [0.29, 0.717) is 35.8 Å². The predicted molar refractivity (Wildman–Crippen MR) is 152 cm³/mol. The number of benzene rings is 4. The van der Waals surface area contributed by atoms with Gasteiger partial charge in [-0.05, 0) is 53.1 Å². The Morgan fingerprint density at radius 2 is 1.61 bits per heavy atom. The second kappa shape index (κ2) is 12.7. The number of nitrogens with one attached hydrogen (secondary N) is 1. The van der Waals surface area contributed by atoms with Crippen LogP contribution in [0.4, 0.5) is 8.78 Å². The van der Waals surface area contributed by atoms with Crippen molar-refractivity contribution in [3.8, 4) is 5.75 Å². The van der Waals surface area contributed by atoms with Crippen molar-refractivity contribution in [2.45, 2.75) is 31.0 Å². The lowest BCUT2D eigenvalue weighted by Gasteiger charge is -2.31. The molecule has 1 amide bonds. The van der Waals surface area contributed by atoms with Crippen molar-refractivity contribution in [3.63, 3.8) is 0 Å². The first-order chi connectivity index (χ1) is 20.0. The minimum Gasteiger partial charge on any atom is -0.494 e. The van der Waals surface area contributed by atoms with Crippen molar-refractivity contribution >= 4 is 11.8 Å². The molecule has 4 aromatic carbocycles. The Hall–Kier alpha value is -4.56. The van der Waals surface area contributed by atoms with Crippen LogP contribution in [0.15, 0.2) is 108 Å². The third-order valence-corrected chi connectivity index (χ3v) is 6.89. The first-order valence-corrected chi connectivity index (χ1v) is 13.4. The summed E-state index contributed by atoms with van der Waals surface area (Å²) in [5.41, 5.74) is 1.35. The highest BCUT2D eigenvalue weighted by molar-refractivity contribution is 6.01. The molecule has 0 saturated heterocycles. The number of aliphatic hydroxyl groups excluding tert-OH is 1. The molecule has 0 unspecified atom stereocenters. The van der Waals surface area contributed by atoms with E-state index in [9.17, 15) is 13.6 Å². The molecule has 1 aliphatic heterocycles. The maximum absolute atomic E-state index is 14.2. The number of halogens is 2. The predicted octanol–water partition coefficient (Wildman–Crippen LogP) is 5.54. The maximum atomic E-state index is 14.2. The summed E-state index contributed by atoms with van der Waals surface area (Å²) in [6.07, 6.45) is 0.00489. The van der Waals surface area contributed by atoms with Gasteiger partial charge in [0, 0.05) is 31.6 Å². The van der Waals surface area contributed by atoms with Crippen molar-refractivity contribution in [2.24, 2.45) is 4.99 Å². The van der Waals surface area contributed by atoms with Crippen LogP contribution in [0.1, 0.15) is 34.8 Å². The Morgan fingerprint density at radius 1 is 0.902 bits per heavy atom. The lowest BCUT2D eigenvalue weighted by atomic mass is 9.82. The van der Waals surface area contributed by atoms with E-state index < -0.39 is 29.2 Å². The quantitative estimate of drug-likeness (QED) is 0.238. The number of rotatable bonds is 11. The smallest absolute Gasteiger partial charge is 0.252 e. The first-order valence-electron chi connectivity index (χ1n) is 13.4. The minimum absolute atomic E-state index is 0.0151. The zero-order chi connectivity index (χ0) is 28.7. The summed E-state index contributed by atoms with van der Waals surface area (Å²) in [6, 6.07) is 29.7. The fourth-order valence-electron chi connectivity index (χ4n) is 4.80. The van der Waals surface area contributed by atoms with Crippen LogP contribution in [0.3, 0.4) is 0 Å². The molecule has 0 aliphatic carbocycles. The van der Waals surface area contributed by atoms with Crippen molar-refractivity contribution in [1.82, 2.24) is 5.32 Å². The van der Waals surface area contributed by atoms with Crippen molar-refractivity contribution in [3.05, 3.63) is 137 Å². The Labute approximate surface area is 237 Å². The van der Waals surface area contributed by atoms with E-state index in [1.807, 2.05) is 72.8 Å². The van der Waals surface area contributed by atoms with Crippen LogP contribution in [0, 0.1) is 11.6 Å². The van der Waals surface area contributed by atoms with E-state index in [1.165, 1.54) is 6.07 Å². The Morgan fingerprint density at radius 3 is 2.29 bits per heavy atom. The lowest BCUT2D eigenvalue weighted by Crippen LogP contribution is -2.49. The molecule has 0 saturated carbocycles. The van der Waals surface area contributed by atoms with Gasteiger partial charge in [0.1, 0.15) is 5.75 Å². The van der Waals surface area contributed by atoms with Gasteiger partial charge < -0.3 is 19.9 Å². The van der Waals surface area contributed by atoms with Crippen LogP contribution < -0.4 is 10.1 Å². The number of hydrogen-bond acceptors (Lipinski definition) is 5. The van der Waals surface area contributed by atoms with Crippen LogP contribution in [0.2, 0.25) is 0 Å². The third-order valence-electron chi connectivity index (χ3n) is 6.89. The topological polar surface area (TPSA) is 80.2 Å². The lowest BCUT2D eigenvalue weighted by molar-refractivity contribution is -0.129. The molecule has 2 N–H and O–H groups in total. The van der Waals surface area contributed by atoms with E-state index in [-0.39, 0.29) is 19.6 Å². The van der Waals surface area contributed by atoms with Crippen molar-refractivity contribution in [1.29, 1.82) is 0 Å². The average Bonchev–Trinajstić information content (AvgIpc) is 3.39. The summed E-state index contributed by atoms with van der Waals surface area (Å²) in [7, 11) is 0. The second-order valence-electron chi connectivity index (χ2n) is 9.79. The van der Waals surface area contributed by atoms with Crippen LogP contribution in [0.5, 0.6) is 5.75 Å². The van der Waals surface area contributed by atoms with Crippen LogP contribution in [-0.4, -0.2) is 35.7 Å². The average molecular weight is 557 g/mol. The molecule has 4 aromatic rings. The molecule has 1 aliphatic rings. The van der Waals surface area contributed by atoms with Gasteiger partial charge >= 0.3 is 0 Å². The molecule has 0 aromatic heterocycles. The molecule has 2 atom stereocenters. The number of hydrogen-bond donors (Lipinski definition) is 2. The summed E-state index contributed by atoms with van der Waals surface area (Å²) in [5.74, 6) is -1.39. The molecular formula is C33H30F2N2O4. The molecule has 0 fully saturated rings.